The fourth-order valence-corrected chi connectivity index (χ4v) is 4.28. The number of anilines is 1. The Bertz CT molecular complexity index is 1100. The van der Waals surface area contributed by atoms with Gasteiger partial charge >= 0.3 is 0 Å². The van der Waals surface area contributed by atoms with Gasteiger partial charge in [0, 0.05) is 30.8 Å². The molecule has 2 aliphatic rings. The van der Waals surface area contributed by atoms with Crippen molar-refractivity contribution < 1.29 is 9.59 Å². The fraction of sp³-hybridized carbons (Fsp3) is 0.200. The van der Waals surface area contributed by atoms with Gasteiger partial charge in [-0.25, -0.2) is 0 Å². The molecule has 2 amide bonds. The zero-order valence-electron chi connectivity index (χ0n) is 16.2. The second-order valence-electron chi connectivity index (χ2n) is 7.78. The van der Waals surface area contributed by atoms with Crippen LogP contribution in [0.1, 0.15) is 39.9 Å². The second-order valence-corrected chi connectivity index (χ2v) is 7.78. The van der Waals surface area contributed by atoms with Crippen molar-refractivity contribution in [1.29, 1.82) is 0 Å². The first-order valence-corrected chi connectivity index (χ1v) is 10.1. The summed E-state index contributed by atoms with van der Waals surface area (Å²) < 4.78 is 0. The van der Waals surface area contributed by atoms with Gasteiger partial charge in [-0.05, 0) is 64.9 Å². The maximum atomic E-state index is 12.7. The van der Waals surface area contributed by atoms with Gasteiger partial charge in [0.05, 0.1) is 0 Å². The summed E-state index contributed by atoms with van der Waals surface area (Å²) in [5.41, 5.74) is 7.59. The third-order valence-corrected chi connectivity index (χ3v) is 5.81. The van der Waals surface area contributed by atoms with Crippen molar-refractivity contribution in [3.63, 3.8) is 0 Å². The number of hydrogen-bond acceptors (Lipinski definition) is 2. The minimum absolute atomic E-state index is 0.121. The minimum atomic E-state index is -0.121. The lowest BCUT2D eigenvalue weighted by Crippen LogP contribution is -2.23. The smallest absolute Gasteiger partial charge is 0.255 e. The van der Waals surface area contributed by atoms with Crippen LogP contribution in [0, 0.1) is 0 Å². The fourth-order valence-electron chi connectivity index (χ4n) is 4.28. The third-order valence-electron chi connectivity index (χ3n) is 5.81. The van der Waals surface area contributed by atoms with E-state index in [9.17, 15) is 9.59 Å². The molecule has 144 valence electrons. The van der Waals surface area contributed by atoms with Gasteiger partial charge in [-0.3, -0.25) is 9.59 Å². The summed E-state index contributed by atoms with van der Waals surface area (Å²) >= 11 is 0. The van der Waals surface area contributed by atoms with Gasteiger partial charge in [0.2, 0.25) is 5.91 Å². The molecule has 0 radical (unpaired) electrons. The first kappa shape index (κ1) is 17.7. The zero-order chi connectivity index (χ0) is 19.8. The van der Waals surface area contributed by atoms with Gasteiger partial charge in [-0.2, -0.15) is 0 Å². The lowest BCUT2D eigenvalue weighted by molar-refractivity contribution is -0.128. The molecule has 0 spiro atoms. The maximum Gasteiger partial charge on any atom is 0.255 e. The molecule has 1 heterocycles. The Labute approximate surface area is 170 Å². The number of carbonyl (C=O) groups is 2. The molecule has 3 aromatic rings. The number of nitrogens with zero attached hydrogens (tertiary/aromatic N) is 1. The van der Waals surface area contributed by atoms with Crippen LogP contribution in [-0.4, -0.2) is 23.3 Å². The summed E-state index contributed by atoms with van der Waals surface area (Å²) in [7, 11) is 0. The average molecular weight is 382 g/mol. The monoisotopic (exact) mass is 382 g/mol. The highest BCUT2D eigenvalue weighted by Gasteiger charge is 2.20. The molecule has 0 bridgehead atoms. The highest BCUT2D eigenvalue weighted by atomic mass is 16.2. The molecule has 0 saturated carbocycles. The molecular weight excluding hydrogens is 360 g/mol. The topological polar surface area (TPSA) is 49.4 Å². The predicted octanol–water partition coefficient (Wildman–Crippen LogP) is 4.63. The number of hydrogen-bond donors (Lipinski definition) is 1. The van der Waals surface area contributed by atoms with Crippen LogP contribution < -0.4 is 5.32 Å². The Kier molecular flexibility index (Phi) is 4.39. The van der Waals surface area contributed by atoms with E-state index in [4.69, 9.17) is 0 Å². The summed E-state index contributed by atoms with van der Waals surface area (Å²) in [6, 6.07) is 22.1. The SMILES string of the molecule is O=C(Nc1ccc2c(c1)Cc1ccccc1-2)c1ccc(CN2CCCC2=O)cc1. The Morgan fingerprint density at radius 3 is 2.52 bits per heavy atom. The Hall–Kier alpha value is -3.40. The van der Waals surface area contributed by atoms with E-state index < -0.39 is 0 Å². The van der Waals surface area contributed by atoms with Crippen molar-refractivity contribution in [2.45, 2.75) is 25.8 Å². The molecular formula is C25H22N2O2. The van der Waals surface area contributed by atoms with Crippen LogP contribution >= 0.6 is 0 Å². The molecule has 29 heavy (non-hydrogen) atoms. The maximum absolute atomic E-state index is 12.7. The zero-order valence-corrected chi connectivity index (χ0v) is 16.2. The standard InChI is InChI=1S/C25H22N2O2/c28-24-6-3-13-27(24)16-17-7-9-18(10-8-17)25(29)26-21-11-12-23-20(15-21)14-19-4-1-2-5-22(19)23/h1-2,4-5,7-12,15H,3,6,13-14,16H2,(H,26,29). The number of benzene rings is 3. The summed E-state index contributed by atoms with van der Waals surface area (Å²) in [5, 5.41) is 3.01. The molecule has 0 atom stereocenters. The molecule has 1 saturated heterocycles. The predicted molar refractivity (Wildman–Crippen MR) is 114 cm³/mol. The largest absolute Gasteiger partial charge is 0.338 e. The average Bonchev–Trinajstić information content (AvgIpc) is 3.31. The number of rotatable bonds is 4. The lowest BCUT2D eigenvalue weighted by atomic mass is 10.1. The molecule has 0 unspecified atom stereocenters. The first-order valence-electron chi connectivity index (χ1n) is 10.1. The number of carbonyl (C=O) groups excluding carboxylic acids is 2. The van der Waals surface area contributed by atoms with E-state index >= 15 is 0 Å². The quantitative estimate of drug-likeness (QED) is 0.559. The number of amides is 2. The van der Waals surface area contributed by atoms with Gasteiger partial charge in [0.15, 0.2) is 0 Å². The Morgan fingerprint density at radius 1 is 0.931 bits per heavy atom. The van der Waals surface area contributed by atoms with Crippen molar-refractivity contribution in [3.8, 4) is 11.1 Å². The van der Waals surface area contributed by atoms with Crippen LogP contribution in [0.5, 0.6) is 0 Å². The van der Waals surface area contributed by atoms with Gasteiger partial charge in [0.1, 0.15) is 0 Å². The van der Waals surface area contributed by atoms with E-state index in [1.807, 2.05) is 35.2 Å². The van der Waals surface area contributed by atoms with Gasteiger partial charge < -0.3 is 10.2 Å². The lowest BCUT2D eigenvalue weighted by Gasteiger charge is -2.15. The number of fused-ring (bicyclic) bond motifs is 3. The molecule has 5 rings (SSSR count). The van der Waals surface area contributed by atoms with Crippen molar-refractivity contribution in [1.82, 2.24) is 4.90 Å². The number of likely N-dealkylation sites (tertiary alicyclic amines) is 1. The third kappa shape index (κ3) is 3.42. The van der Waals surface area contributed by atoms with E-state index in [1.54, 1.807) is 0 Å². The van der Waals surface area contributed by atoms with Crippen LogP contribution in [0.25, 0.3) is 11.1 Å². The van der Waals surface area contributed by atoms with Gasteiger partial charge in [0.25, 0.3) is 5.91 Å². The van der Waals surface area contributed by atoms with Crippen molar-refractivity contribution in [2.75, 3.05) is 11.9 Å². The molecule has 1 fully saturated rings. The number of nitrogens with one attached hydrogen (secondary N) is 1. The molecule has 1 N–H and O–H groups in total. The van der Waals surface area contributed by atoms with Gasteiger partial charge in [-0.15, -0.1) is 0 Å². The van der Waals surface area contributed by atoms with Crippen LogP contribution in [0.3, 0.4) is 0 Å². The summed E-state index contributed by atoms with van der Waals surface area (Å²) in [4.78, 5) is 26.3. The summed E-state index contributed by atoms with van der Waals surface area (Å²) in [6.45, 7) is 1.44. The van der Waals surface area contributed by atoms with Gasteiger partial charge in [-0.1, -0.05) is 42.5 Å². The van der Waals surface area contributed by atoms with E-state index in [2.05, 4.69) is 41.7 Å². The first-order chi connectivity index (χ1) is 14.2. The molecule has 1 aliphatic heterocycles. The van der Waals surface area contributed by atoms with E-state index in [1.165, 1.54) is 22.3 Å². The minimum Gasteiger partial charge on any atom is -0.338 e. The van der Waals surface area contributed by atoms with Crippen LogP contribution in [-0.2, 0) is 17.8 Å². The molecule has 0 aromatic heterocycles. The molecule has 4 heteroatoms. The summed E-state index contributed by atoms with van der Waals surface area (Å²) in [6.07, 6.45) is 2.48. The second kappa shape index (κ2) is 7.21. The Balaban J connectivity index is 1.27. The van der Waals surface area contributed by atoms with Crippen LogP contribution in [0.2, 0.25) is 0 Å². The van der Waals surface area contributed by atoms with Crippen molar-refractivity contribution in [2.24, 2.45) is 0 Å². The molecule has 4 nitrogen and oxygen atoms in total. The van der Waals surface area contributed by atoms with E-state index in [-0.39, 0.29) is 11.8 Å². The van der Waals surface area contributed by atoms with E-state index in [0.717, 1.165) is 30.6 Å². The molecule has 1 aliphatic carbocycles. The highest BCUT2D eigenvalue weighted by Crippen LogP contribution is 2.37. The Morgan fingerprint density at radius 2 is 1.72 bits per heavy atom. The van der Waals surface area contributed by atoms with Crippen LogP contribution in [0.4, 0.5) is 5.69 Å². The molecule has 3 aromatic carbocycles. The van der Waals surface area contributed by atoms with Crippen molar-refractivity contribution >= 4 is 17.5 Å². The van der Waals surface area contributed by atoms with E-state index in [0.29, 0.717) is 18.5 Å². The highest BCUT2D eigenvalue weighted by molar-refractivity contribution is 6.04. The normalized spacial score (nSPS) is 14.6. The van der Waals surface area contributed by atoms with Crippen LogP contribution in [0.15, 0.2) is 66.7 Å². The van der Waals surface area contributed by atoms with Crippen molar-refractivity contribution in [3.05, 3.63) is 89.0 Å². The summed E-state index contributed by atoms with van der Waals surface area (Å²) in [5.74, 6) is 0.0924.